The fraction of sp³-hybridized carbons (Fsp3) is 0.722. The van der Waals surface area contributed by atoms with E-state index < -0.39 is 17.1 Å². The average Bonchev–Trinajstić information content (AvgIpc) is 2.90. The summed E-state index contributed by atoms with van der Waals surface area (Å²) in [7, 11) is 3.74. The van der Waals surface area contributed by atoms with Gasteiger partial charge in [0, 0.05) is 18.4 Å². The van der Waals surface area contributed by atoms with Crippen LogP contribution in [-0.4, -0.2) is 54.2 Å². The highest BCUT2D eigenvalue weighted by Gasteiger charge is 2.76. The van der Waals surface area contributed by atoms with E-state index in [1.807, 2.05) is 6.08 Å². The first-order valence-electron chi connectivity index (χ1n) is 8.61. The van der Waals surface area contributed by atoms with Crippen molar-refractivity contribution in [3.8, 4) is 0 Å². The lowest BCUT2D eigenvalue weighted by atomic mass is 9.44. The minimum atomic E-state index is -0.842. The molecule has 2 heterocycles. The predicted molar refractivity (Wildman–Crippen MR) is 82.3 cm³/mol. The van der Waals surface area contributed by atoms with Crippen molar-refractivity contribution in [3.63, 3.8) is 0 Å². The van der Waals surface area contributed by atoms with Crippen LogP contribution in [0.4, 0.5) is 0 Å². The van der Waals surface area contributed by atoms with Crippen molar-refractivity contribution in [2.24, 2.45) is 17.3 Å². The molecule has 5 nitrogen and oxygen atoms in total. The monoisotopic (exact) mass is 317 g/mol. The maximum atomic E-state index is 12.7. The second-order valence-corrected chi connectivity index (χ2v) is 7.84. The molecule has 0 radical (unpaired) electrons. The molecule has 2 aliphatic heterocycles. The lowest BCUT2D eigenvalue weighted by molar-refractivity contribution is -0.240. The zero-order valence-corrected chi connectivity index (χ0v) is 13.6. The van der Waals surface area contributed by atoms with E-state index in [1.165, 1.54) is 0 Å². The number of Topliss-reactive ketones (excluding diaryl/α,β-unsaturated/α-hetero) is 1. The molecule has 0 aromatic rings. The third kappa shape index (κ3) is 1.36. The number of likely N-dealkylation sites (tertiary alicyclic amines) is 1. The molecular formula is C18H23NO4. The van der Waals surface area contributed by atoms with E-state index in [9.17, 15) is 9.90 Å². The van der Waals surface area contributed by atoms with Crippen molar-refractivity contribution < 1.29 is 19.4 Å². The van der Waals surface area contributed by atoms with Gasteiger partial charge in [-0.05, 0) is 44.8 Å². The van der Waals surface area contributed by atoms with Gasteiger partial charge in [0.25, 0.3) is 0 Å². The zero-order chi connectivity index (χ0) is 16.0. The Morgan fingerprint density at radius 2 is 2.26 bits per heavy atom. The summed E-state index contributed by atoms with van der Waals surface area (Å²) in [6.07, 6.45) is 6.37. The Morgan fingerprint density at radius 3 is 3.04 bits per heavy atom. The van der Waals surface area contributed by atoms with Crippen molar-refractivity contribution in [2.75, 3.05) is 20.7 Å². The van der Waals surface area contributed by atoms with Gasteiger partial charge >= 0.3 is 0 Å². The summed E-state index contributed by atoms with van der Waals surface area (Å²) in [6, 6.07) is 0.102. The highest BCUT2D eigenvalue weighted by Crippen LogP contribution is 2.69. The van der Waals surface area contributed by atoms with E-state index in [4.69, 9.17) is 9.47 Å². The number of ether oxygens (including phenoxy) is 2. The number of hydrogen-bond donors (Lipinski definition) is 1. The number of carbonyl (C=O) groups is 1. The number of likely N-dealkylation sites (N-methyl/N-ethyl adjacent to an activating group) is 1. The van der Waals surface area contributed by atoms with Crippen molar-refractivity contribution in [2.45, 2.75) is 43.4 Å². The molecule has 5 heteroatoms. The molecule has 1 spiro atoms. The highest BCUT2D eigenvalue weighted by molar-refractivity contribution is 5.87. The Bertz CT molecular complexity index is 655. The Kier molecular flexibility index (Phi) is 2.56. The summed E-state index contributed by atoms with van der Waals surface area (Å²) in [5.41, 5.74) is -1.32. The lowest BCUT2D eigenvalue weighted by Gasteiger charge is -2.65. The smallest absolute Gasteiger partial charge is 0.174 e. The average molecular weight is 317 g/mol. The maximum Gasteiger partial charge on any atom is 0.174 e. The van der Waals surface area contributed by atoms with Gasteiger partial charge < -0.3 is 19.5 Å². The van der Waals surface area contributed by atoms with Gasteiger partial charge in [0.15, 0.2) is 17.6 Å². The van der Waals surface area contributed by atoms with Gasteiger partial charge in [-0.1, -0.05) is 6.08 Å². The van der Waals surface area contributed by atoms with Crippen molar-refractivity contribution >= 4 is 5.78 Å². The minimum absolute atomic E-state index is 0.0756. The van der Waals surface area contributed by atoms with E-state index >= 15 is 0 Å². The Labute approximate surface area is 135 Å². The molecule has 2 saturated carbocycles. The SMILES string of the molecule is COC1=C2O[C@H]3C(=O)CCC4(O)[C@H]5CC(C=C1)C2[C@@]34CCN5C. The minimum Gasteiger partial charge on any atom is -0.493 e. The van der Waals surface area contributed by atoms with Gasteiger partial charge in [-0.2, -0.15) is 0 Å². The van der Waals surface area contributed by atoms with E-state index in [0.717, 1.165) is 30.9 Å². The van der Waals surface area contributed by atoms with Gasteiger partial charge in [0.1, 0.15) is 5.76 Å². The summed E-state index contributed by atoms with van der Waals surface area (Å²) in [5, 5.41) is 11.8. The van der Waals surface area contributed by atoms with Crippen LogP contribution in [0.1, 0.15) is 25.7 Å². The summed E-state index contributed by atoms with van der Waals surface area (Å²) in [5.74, 6) is 2.07. The van der Waals surface area contributed by atoms with E-state index in [-0.39, 0.29) is 17.7 Å². The molecule has 0 aromatic carbocycles. The number of nitrogens with zero attached hydrogens (tertiary/aromatic N) is 1. The quantitative estimate of drug-likeness (QED) is 0.788. The molecule has 2 bridgehead atoms. The maximum absolute atomic E-state index is 12.7. The van der Waals surface area contributed by atoms with Crippen LogP contribution in [0.5, 0.6) is 0 Å². The zero-order valence-electron chi connectivity index (χ0n) is 13.6. The molecule has 1 N–H and O–H groups in total. The normalized spacial score (nSPS) is 50.7. The van der Waals surface area contributed by atoms with E-state index in [1.54, 1.807) is 7.11 Å². The van der Waals surface area contributed by atoms with Gasteiger partial charge in [-0.15, -0.1) is 0 Å². The molecule has 0 aromatic heterocycles. The first-order valence-corrected chi connectivity index (χ1v) is 8.61. The van der Waals surface area contributed by atoms with Crippen LogP contribution >= 0.6 is 0 Å². The highest BCUT2D eigenvalue weighted by atomic mass is 16.5. The molecule has 3 unspecified atom stereocenters. The third-order valence-corrected chi connectivity index (χ3v) is 7.24. The summed E-state index contributed by atoms with van der Waals surface area (Å²) in [4.78, 5) is 15.0. The van der Waals surface area contributed by atoms with Gasteiger partial charge in [0.2, 0.25) is 0 Å². The Hall–Kier alpha value is -1.33. The first-order chi connectivity index (χ1) is 11.0. The van der Waals surface area contributed by atoms with Crippen molar-refractivity contribution in [1.29, 1.82) is 0 Å². The molecule has 4 fully saturated rings. The molecule has 0 amide bonds. The summed E-state index contributed by atoms with van der Waals surface area (Å²) >= 11 is 0. The summed E-state index contributed by atoms with van der Waals surface area (Å²) in [6.45, 7) is 0.905. The fourth-order valence-electron chi connectivity index (χ4n) is 6.30. The van der Waals surface area contributed by atoms with Crippen LogP contribution in [0.2, 0.25) is 0 Å². The number of carbonyl (C=O) groups excluding carboxylic acids is 1. The molecule has 6 atom stereocenters. The molecular weight excluding hydrogens is 294 g/mol. The lowest BCUT2D eigenvalue weighted by Crippen LogP contribution is -2.76. The molecule has 5 aliphatic rings. The van der Waals surface area contributed by atoms with Crippen LogP contribution in [0.3, 0.4) is 0 Å². The number of allylic oxidation sites excluding steroid dienone is 3. The number of piperidine rings is 1. The van der Waals surface area contributed by atoms with Crippen LogP contribution in [0, 0.1) is 17.3 Å². The van der Waals surface area contributed by atoms with Crippen LogP contribution in [0.25, 0.3) is 0 Å². The number of hydrogen-bond acceptors (Lipinski definition) is 5. The number of rotatable bonds is 1. The van der Waals surface area contributed by atoms with Gasteiger partial charge in [0.05, 0.1) is 18.1 Å². The van der Waals surface area contributed by atoms with Crippen molar-refractivity contribution in [1.82, 2.24) is 4.90 Å². The van der Waals surface area contributed by atoms with Crippen LogP contribution < -0.4 is 0 Å². The predicted octanol–water partition coefficient (Wildman–Crippen LogP) is 1.23. The van der Waals surface area contributed by atoms with Gasteiger partial charge in [-0.3, -0.25) is 4.79 Å². The molecule has 5 rings (SSSR count). The topological polar surface area (TPSA) is 59.0 Å². The summed E-state index contributed by atoms with van der Waals surface area (Å²) < 4.78 is 11.7. The molecule has 2 saturated heterocycles. The van der Waals surface area contributed by atoms with E-state index in [0.29, 0.717) is 18.8 Å². The number of methoxy groups -OCH3 is 1. The Balaban J connectivity index is 1.76. The molecule has 23 heavy (non-hydrogen) atoms. The molecule has 124 valence electrons. The fourth-order valence-corrected chi connectivity index (χ4v) is 6.30. The van der Waals surface area contributed by atoms with Crippen LogP contribution in [-0.2, 0) is 14.3 Å². The third-order valence-electron chi connectivity index (χ3n) is 7.24. The standard InChI is InChI=1S/C18H23NO4/c1-19-8-7-17-14-10-3-4-12(22-2)15(14)23-16(17)11(20)5-6-18(17,21)13(19)9-10/h3-4,10,13-14,16,21H,5-9H2,1-2H3/t10?,13-,14?,16+,17+,18?/m1/s1. The largest absolute Gasteiger partial charge is 0.493 e. The van der Waals surface area contributed by atoms with Crippen LogP contribution in [0.15, 0.2) is 23.7 Å². The molecule has 3 aliphatic carbocycles. The second kappa shape index (κ2) is 4.19. The number of ketones is 1. The second-order valence-electron chi connectivity index (χ2n) is 7.84. The first kappa shape index (κ1) is 14.1. The van der Waals surface area contributed by atoms with E-state index in [2.05, 4.69) is 18.0 Å². The van der Waals surface area contributed by atoms with Gasteiger partial charge in [-0.25, -0.2) is 0 Å². The Morgan fingerprint density at radius 1 is 1.43 bits per heavy atom. The van der Waals surface area contributed by atoms with Crippen molar-refractivity contribution in [3.05, 3.63) is 23.7 Å². The number of aliphatic hydroxyl groups is 1.